The monoisotopic (exact) mass is 1210 g/mol. The van der Waals surface area contributed by atoms with E-state index < -0.39 is 86.8 Å². The SMILES string of the molecule is CCCCCCC/C=C\C/C=C\CCCCCCCCCCCCCCCCCCCCCCCC(=O)NC(COC1OC(CO)C(OC2OC(CO)C(O)C(O)C2O)C(O)C1O)C(O)/C=C/CC/C=C/CCCCCCCCCCCCCC. The van der Waals surface area contributed by atoms with Crippen LogP contribution in [-0.2, 0) is 23.7 Å². The molecule has 2 aliphatic rings. The van der Waals surface area contributed by atoms with E-state index in [1.165, 1.54) is 231 Å². The highest BCUT2D eigenvalue weighted by atomic mass is 16.7. The second kappa shape index (κ2) is 56.0. The largest absolute Gasteiger partial charge is 0.394 e. The molecule has 12 atom stereocenters. The van der Waals surface area contributed by atoms with Crippen molar-refractivity contribution in [1.29, 1.82) is 0 Å². The van der Waals surface area contributed by atoms with Crippen molar-refractivity contribution in [3.05, 3.63) is 48.6 Å². The van der Waals surface area contributed by atoms with Crippen LogP contribution in [0.15, 0.2) is 48.6 Å². The standard InChI is InChI=1S/C71H131NO13/c1-3-5-7-9-11-13-15-17-19-21-23-24-25-26-27-28-29-30-31-32-33-34-35-36-37-39-41-43-45-47-49-51-53-55-63(76)72-59(60(75)54-52-50-48-46-44-42-40-38-22-20-18-16-14-12-10-8-6-4-2)58-82-70-68(81)66(79)69(62(57-74)84-70)85-71-67(80)65(78)64(77)61(56-73)83-71/h15,17,21,23,44,46,52,54,59-62,64-71,73-75,77-81H,3-14,16,18-20,22,24-43,45,47-51,53,55-58H2,1-2H3,(H,72,76)/b17-15-,23-21-,46-44+,54-52+. The maximum Gasteiger partial charge on any atom is 0.220 e. The van der Waals surface area contributed by atoms with Gasteiger partial charge in [0.05, 0.1) is 32.0 Å². The summed E-state index contributed by atoms with van der Waals surface area (Å²) in [7, 11) is 0. The lowest BCUT2D eigenvalue weighted by atomic mass is 9.97. The van der Waals surface area contributed by atoms with Crippen molar-refractivity contribution in [3.8, 4) is 0 Å². The Labute approximate surface area is 518 Å². The number of ether oxygens (including phenoxy) is 4. The molecule has 9 N–H and O–H groups in total. The van der Waals surface area contributed by atoms with E-state index in [1.54, 1.807) is 6.08 Å². The number of carbonyl (C=O) groups excluding carboxylic acids is 1. The van der Waals surface area contributed by atoms with Gasteiger partial charge in [-0.05, 0) is 64.2 Å². The molecule has 498 valence electrons. The quantitative estimate of drug-likeness (QED) is 0.0204. The van der Waals surface area contributed by atoms with Crippen LogP contribution in [-0.4, -0.2) is 140 Å². The fourth-order valence-electron chi connectivity index (χ4n) is 11.6. The zero-order chi connectivity index (χ0) is 61.6. The van der Waals surface area contributed by atoms with Gasteiger partial charge in [-0.2, -0.15) is 0 Å². The fraction of sp³-hybridized carbons (Fsp3) is 0.873. The third-order valence-corrected chi connectivity index (χ3v) is 17.2. The molecule has 2 aliphatic heterocycles. The summed E-state index contributed by atoms with van der Waals surface area (Å²) in [6.07, 6.45) is 56.1. The van der Waals surface area contributed by atoms with E-state index >= 15 is 0 Å². The van der Waals surface area contributed by atoms with Crippen molar-refractivity contribution < 1.29 is 64.6 Å². The average Bonchev–Trinajstić information content (AvgIpc) is 3.29. The highest BCUT2D eigenvalue weighted by Gasteiger charge is 2.51. The first-order chi connectivity index (χ1) is 41.6. The van der Waals surface area contributed by atoms with E-state index in [2.05, 4.69) is 55.6 Å². The number of hydrogen-bond donors (Lipinski definition) is 9. The molecule has 0 radical (unpaired) electrons. The van der Waals surface area contributed by atoms with Gasteiger partial charge < -0.3 is 65.1 Å². The van der Waals surface area contributed by atoms with Crippen molar-refractivity contribution in [3.63, 3.8) is 0 Å². The molecule has 0 aromatic heterocycles. The molecule has 0 aromatic carbocycles. The molecule has 2 saturated heterocycles. The van der Waals surface area contributed by atoms with Gasteiger partial charge in [0, 0.05) is 6.42 Å². The first-order valence-corrected chi connectivity index (χ1v) is 35.4. The number of unbranched alkanes of at least 4 members (excludes halogenated alkanes) is 39. The summed E-state index contributed by atoms with van der Waals surface area (Å²) in [5.74, 6) is -0.245. The third kappa shape index (κ3) is 40.3. The summed E-state index contributed by atoms with van der Waals surface area (Å²) >= 11 is 0. The average molecular weight is 1210 g/mol. The van der Waals surface area contributed by atoms with E-state index in [0.29, 0.717) is 12.8 Å². The first kappa shape index (κ1) is 79.0. The lowest BCUT2D eigenvalue weighted by Gasteiger charge is -2.46. The number of aliphatic hydroxyl groups is 8. The Bertz CT molecular complexity index is 1610. The maximum atomic E-state index is 13.3. The van der Waals surface area contributed by atoms with Gasteiger partial charge in [0.2, 0.25) is 5.91 Å². The lowest BCUT2D eigenvalue weighted by molar-refractivity contribution is -0.359. The maximum absolute atomic E-state index is 13.3. The minimum atomic E-state index is -1.79. The van der Waals surface area contributed by atoms with Crippen LogP contribution in [0.5, 0.6) is 0 Å². The smallest absolute Gasteiger partial charge is 0.220 e. The number of hydrogen-bond acceptors (Lipinski definition) is 13. The van der Waals surface area contributed by atoms with Gasteiger partial charge in [0.25, 0.3) is 0 Å². The molecule has 0 spiro atoms. The topological polar surface area (TPSA) is 228 Å². The number of allylic oxidation sites excluding steroid dienone is 7. The molecule has 0 aliphatic carbocycles. The van der Waals surface area contributed by atoms with E-state index in [1.807, 2.05) is 6.08 Å². The van der Waals surface area contributed by atoms with Crippen molar-refractivity contribution in [2.75, 3.05) is 19.8 Å². The predicted octanol–water partition coefficient (Wildman–Crippen LogP) is 14.3. The summed E-state index contributed by atoms with van der Waals surface area (Å²) < 4.78 is 22.8. The zero-order valence-corrected chi connectivity index (χ0v) is 54.1. The number of aliphatic hydroxyl groups excluding tert-OH is 8. The number of amides is 1. The van der Waals surface area contributed by atoms with Crippen LogP contribution in [0.25, 0.3) is 0 Å². The fourth-order valence-corrected chi connectivity index (χ4v) is 11.6. The molecular weight excluding hydrogens is 1070 g/mol. The lowest BCUT2D eigenvalue weighted by Crippen LogP contribution is -2.65. The van der Waals surface area contributed by atoms with Crippen molar-refractivity contribution in [1.82, 2.24) is 5.32 Å². The summed E-state index contributed by atoms with van der Waals surface area (Å²) in [5.41, 5.74) is 0. The van der Waals surface area contributed by atoms with Gasteiger partial charge in [-0.25, -0.2) is 0 Å². The number of carbonyl (C=O) groups is 1. The van der Waals surface area contributed by atoms with Gasteiger partial charge in [-0.3, -0.25) is 4.79 Å². The van der Waals surface area contributed by atoms with Gasteiger partial charge >= 0.3 is 0 Å². The molecule has 0 saturated carbocycles. The molecule has 14 heteroatoms. The summed E-state index contributed by atoms with van der Waals surface area (Å²) in [4.78, 5) is 13.3. The van der Waals surface area contributed by atoms with E-state index in [-0.39, 0.29) is 18.9 Å². The Morgan fingerprint density at radius 3 is 1.22 bits per heavy atom. The second-order valence-electron chi connectivity index (χ2n) is 25.0. The van der Waals surface area contributed by atoms with Gasteiger partial charge in [-0.1, -0.05) is 281 Å². The molecular formula is C71H131NO13. The Morgan fingerprint density at radius 1 is 0.424 bits per heavy atom. The molecule has 85 heavy (non-hydrogen) atoms. The van der Waals surface area contributed by atoms with Crippen LogP contribution in [0.2, 0.25) is 0 Å². The van der Waals surface area contributed by atoms with Crippen LogP contribution in [0.1, 0.15) is 303 Å². The normalized spacial score (nSPS) is 23.8. The van der Waals surface area contributed by atoms with Gasteiger partial charge in [0.1, 0.15) is 48.8 Å². The molecule has 12 unspecified atom stereocenters. The van der Waals surface area contributed by atoms with E-state index in [0.717, 1.165) is 38.5 Å². The molecule has 0 bridgehead atoms. The highest BCUT2D eigenvalue weighted by molar-refractivity contribution is 5.76. The molecule has 2 rings (SSSR count). The molecule has 1 amide bonds. The summed E-state index contributed by atoms with van der Waals surface area (Å²) in [5, 5.41) is 87.3. The highest BCUT2D eigenvalue weighted by Crippen LogP contribution is 2.30. The van der Waals surface area contributed by atoms with Crippen LogP contribution in [0.4, 0.5) is 0 Å². The number of rotatable bonds is 58. The predicted molar refractivity (Wildman–Crippen MR) is 346 cm³/mol. The van der Waals surface area contributed by atoms with Crippen LogP contribution < -0.4 is 5.32 Å². The minimum absolute atomic E-state index is 0.245. The van der Waals surface area contributed by atoms with Crippen molar-refractivity contribution >= 4 is 5.91 Å². The van der Waals surface area contributed by atoms with Crippen LogP contribution in [0.3, 0.4) is 0 Å². The molecule has 14 nitrogen and oxygen atoms in total. The molecule has 0 aromatic rings. The molecule has 2 heterocycles. The van der Waals surface area contributed by atoms with Gasteiger partial charge in [0.15, 0.2) is 12.6 Å². The Hall–Kier alpha value is -2.05. The van der Waals surface area contributed by atoms with Crippen LogP contribution >= 0.6 is 0 Å². The first-order valence-electron chi connectivity index (χ1n) is 35.4. The summed E-state index contributed by atoms with van der Waals surface area (Å²) in [6, 6.07) is -0.931. The third-order valence-electron chi connectivity index (χ3n) is 17.2. The zero-order valence-electron chi connectivity index (χ0n) is 54.1. The Morgan fingerprint density at radius 2 is 0.788 bits per heavy atom. The van der Waals surface area contributed by atoms with Gasteiger partial charge in [-0.15, -0.1) is 0 Å². The van der Waals surface area contributed by atoms with E-state index in [9.17, 15) is 45.6 Å². The number of nitrogens with one attached hydrogen (secondary N) is 1. The van der Waals surface area contributed by atoms with E-state index in [4.69, 9.17) is 18.9 Å². The van der Waals surface area contributed by atoms with Crippen molar-refractivity contribution in [2.24, 2.45) is 0 Å². The Balaban J connectivity index is 1.64. The summed E-state index contributed by atoms with van der Waals surface area (Å²) in [6.45, 7) is 2.80. The minimum Gasteiger partial charge on any atom is -0.394 e. The Kier molecular flexibility index (Phi) is 52.1. The second-order valence-corrected chi connectivity index (χ2v) is 25.0. The van der Waals surface area contributed by atoms with Crippen molar-refractivity contribution in [2.45, 2.75) is 376 Å². The van der Waals surface area contributed by atoms with Crippen LogP contribution in [0, 0.1) is 0 Å². The molecule has 2 fully saturated rings.